The van der Waals surface area contributed by atoms with Gasteiger partial charge in [0.25, 0.3) is 5.91 Å². The molecule has 0 heterocycles. The summed E-state index contributed by atoms with van der Waals surface area (Å²) in [6, 6.07) is 14.3. The zero-order chi connectivity index (χ0) is 21.0. The summed E-state index contributed by atoms with van der Waals surface area (Å²) in [6.07, 6.45) is 3.87. The second-order valence-electron chi connectivity index (χ2n) is 7.09. The highest BCUT2D eigenvalue weighted by molar-refractivity contribution is 9.10. The number of rotatable bonds is 5. The van der Waals surface area contributed by atoms with E-state index in [-0.39, 0.29) is 6.42 Å². The van der Waals surface area contributed by atoms with Crippen molar-refractivity contribution in [2.24, 2.45) is 10.5 Å². The van der Waals surface area contributed by atoms with E-state index in [1.165, 1.54) is 6.21 Å². The van der Waals surface area contributed by atoms with Crippen molar-refractivity contribution in [1.29, 1.82) is 0 Å². The zero-order valence-corrected chi connectivity index (χ0v) is 18.1. The summed E-state index contributed by atoms with van der Waals surface area (Å²) in [6.45, 7) is 1.94. The largest absolute Gasteiger partial charge is 0.480 e. The first-order valence-electron chi connectivity index (χ1n) is 9.06. The maximum absolute atomic E-state index is 13.1. The molecule has 2 atom stereocenters. The molecule has 3 rings (SSSR count). The van der Waals surface area contributed by atoms with Crippen molar-refractivity contribution >= 4 is 45.6 Å². The van der Waals surface area contributed by atoms with Gasteiger partial charge in [-0.05, 0) is 55.2 Å². The van der Waals surface area contributed by atoms with Crippen LogP contribution in [0.2, 0.25) is 5.02 Å². The van der Waals surface area contributed by atoms with Crippen molar-refractivity contribution in [3.05, 3.63) is 80.8 Å². The van der Waals surface area contributed by atoms with E-state index in [0.717, 1.165) is 21.2 Å². The van der Waals surface area contributed by atoms with Gasteiger partial charge in [0.1, 0.15) is 0 Å². The average Bonchev–Trinajstić information content (AvgIpc) is 2.70. The topological polar surface area (TPSA) is 78.8 Å². The van der Waals surface area contributed by atoms with Crippen LogP contribution < -0.4 is 5.43 Å². The molecule has 1 amide bonds. The van der Waals surface area contributed by atoms with Gasteiger partial charge in [-0.1, -0.05) is 63.4 Å². The minimum Gasteiger partial charge on any atom is -0.480 e. The Morgan fingerprint density at radius 3 is 2.48 bits per heavy atom. The van der Waals surface area contributed by atoms with Gasteiger partial charge in [-0.15, -0.1) is 0 Å². The fourth-order valence-electron chi connectivity index (χ4n) is 3.55. The van der Waals surface area contributed by atoms with Gasteiger partial charge in [0.2, 0.25) is 0 Å². The number of carbonyl (C=O) groups is 2. The first-order chi connectivity index (χ1) is 13.8. The first kappa shape index (κ1) is 21.3. The lowest BCUT2D eigenvalue weighted by Crippen LogP contribution is -2.50. The van der Waals surface area contributed by atoms with Gasteiger partial charge in [-0.2, -0.15) is 5.10 Å². The van der Waals surface area contributed by atoms with Crippen LogP contribution in [0.25, 0.3) is 0 Å². The smallest absolute Gasteiger partial charge is 0.320 e. The van der Waals surface area contributed by atoms with E-state index in [2.05, 4.69) is 26.5 Å². The third kappa shape index (κ3) is 4.60. The molecule has 2 N–H and O–H groups in total. The van der Waals surface area contributed by atoms with E-state index < -0.39 is 23.2 Å². The van der Waals surface area contributed by atoms with Gasteiger partial charge in [0.15, 0.2) is 5.41 Å². The monoisotopic (exact) mass is 474 g/mol. The van der Waals surface area contributed by atoms with Gasteiger partial charge in [-0.25, -0.2) is 5.43 Å². The molecule has 150 valence electrons. The van der Waals surface area contributed by atoms with Crippen molar-refractivity contribution in [1.82, 2.24) is 5.43 Å². The number of amides is 1. The zero-order valence-electron chi connectivity index (χ0n) is 15.7. The third-order valence-electron chi connectivity index (χ3n) is 5.20. The van der Waals surface area contributed by atoms with E-state index in [0.29, 0.717) is 11.4 Å². The molecule has 1 aliphatic carbocycles. The summed E-state index contributed by atoms with van der Waals surface area (Å²) in [4.78, 5) is 25.5. The molecule has 0 saturated carbocycles. The van der Waals surface area contributed by atoms with Gasteiger partial charge < -0.3 is 5.11 Å². The number of hydrazone groups is 1. The van der Waals surface area contributed by atoms with Crippen molar-refractivity contribution in [3.8, 4) is 0 Å². The summed E-state index contributed by atoms with van der Waals surface area (Å²) < 4.78 is 0.929. The van der Waals surface area contributed by atoms with Gasteiger partial charge >= 0.3 is 5.97 Å². The molecule has 5 nitrogen and oxygen atoms in total. The van der Waals surface area contributed by atoms with Crippen LogP contribution in [0, 0.1) is 5.41 Å². The number of carboxylic acids is 1. The maximum Gasteiger partial charge on any atom is 0.320 e. The molecule has 2 unspecified atom stereocenters. The fourth-order valence-corrected chi connectivity index (χ4v) is 3.94. The molecule has 0 aromatic heterocycles. The van der Waals surface area contributed by atoms with Crippen LogP contribution in [0.4, 0.5) is 0 Å². The van der Waals surface area contributed by atoms with E-state index in [9.17, 15) is 14.7 Å². The summed E-state index contributed by atoms with van der Waals surface area (Å²) in [5, 5.41) is 14.7. The highest BCUT2D eigenvalue weighted by atomic mass is 79.9. The lowest BCUT2D eigenvalue weighted by molar-refractivity contribution is -0.158. The van der Waals surface area contributed by atoms with Crippen molar-refractivity contribution in [3.63, 3.8) is 0 Å². The minimum atomic E-state index is -1.65. The number of hydrogen-bond donors (Lipinski definition) is 2. The Morgan fingerprint density at radius 1 is 1.21 bits per heavy atom. The molecular formula is C22H20BrClN2O3. The molecule has 0 radical (unpaired) electrons. The van der Waals surface area contributed by atoms with Gasteiger partial charge in [0.05, 0.1) is 6.21 Å². The van der Waals surface area contributed by atoms with Gasteiger partial charge in [-0.3, -0.25) is 9.59 Å². The fraction of sp³-hybridized carbons (Fsp3) is 0.227. The summed E-state index contributed by atoms with van der Waals surface area (Å²) in [5.74, 6) is -2.33. The van der Waals surface area contributed by atoms with Crippen LogP contribution in [0.3, 0.4) is 0 Å². The normalized spacial score (nSPS) is 21.6. The number of nitrogens with one attached hydrogen (secondary N) is 1. The van der Waals surface area contributed by atoms with Crippen LogP contribution in [0.5, 0.6) is 0 Å². The van der Waals surface area contributed by atoms with Crippen molar-refractivity contribution in [2.45, 2.75) is 25.7 Å². The Kier molecular flexibility index (Phi) is 6.55. The summed E-state index contributed by atoms with van der Waals surface area (Å²) >= 11 is 9.34. The van der Waals surface area contributed by atoms with Crippen LogP contribution in [0.1, 0.15) is 36.8 Å². The predicted molar refractivity (Wildman–Crippen MR) is 117 cm³/mol. The molecule has 1 aliphatic rings. The molecule has 0 aliphatic heterocycles. The molecule has 0 bridgehead atoms. The minimum absolute atomic E-state index is 0.0983. The van der Waals surface area contributed by atoms with Crippen molar-refractivity contribution in [2.75, 3.05) is 0 Å². The first-order valence-corrected chi connectivity index (χ1v) is 10.2. The molecular weight excluding hydrogens is 456 g/mol. The Bertz CT molecular complexity index is 971. The maximum atomic E-state index is 13.1. The summed E-state index contributed by atoms with van der Waals surface area (Å²) in [7, 11) is 0. The molecule has 2 aromatic rings. The second-order valence-corrected chi connectivity index (χ2v) is 8.44. The number of allylic oxidation sites excluding steroid dienone is 2. The highest BCUT2D eigenvalue weighted by Crippen LogP contribution is 2.47. The Hall–Kier alpha value is -2.44. The number of benzene rings is 2. The lowest BCUT2D eigenvalue weighted by Gasteiger charge is -2.38. The molecule has 2 aromatic carbocycles. The van der Waals surface area contributed by atoms with Crippen molar-refractivity contribution < 1.29 is 14.7 Å². The number of carbonyl (C=O) groups excluding carboxylic acids is 1. The van der Waals surface area contributed by atoms with E-state index >= 15 is 0 Å². The molecule has 0 fully saturated rings. The Balaban J connectivity index is 1.91. The van der Waals surface area contributed by atoms with E-state index in [1.54, 1.807) is 24.3 Å². The Morgan fingerprint density at radius 2 is 1.86 bits per heavy atom. The number of aliphatic carboxylic acids is 1. The summed E-state index contributed by atoms with van der Waals surface area (Å²) in [5.41, 5.74) is 3.39. The number of halogens is 2. The van der Waals surface area contributed by atoms with Crippen LogP contribution in [-0.4, -0.2) is 23.2 Å². The van der Waals surface area contributed by atoms with E-state index in [1.807, 2.05) is 37.3 Å². The molecule has 29 heavy (non-hydrogen) atoms. The third-order valence-corrected chi connectivity index (χ3v) is 5.98. The highest BCUT2D eigenvalue weighted by Gasteiger charge is 2.53. The quantitative estimate of drug-likeness (QED) is 0.272. The van der Waals surface area contributed by atoms with Crippen LogP contribution in [-0.2, 0) is 9.59 Å². The van der Waals surface area contributed by atoms with Gasteiger partial charge in [0, 0.05) is 15.4 Å². The lowest BCUT2D eigenvalue weighted by atomic mass is 9.64. The van der Waals surface area contributed by atoms with Crippen LogP contribution in [0.15, 0.2) is 69.8 Å². The average molecular weight is 476 g/mol. The number of nitrogens with zero attached hydrogens (tertiary/aromatic N) is 1. The number of hydrogen-bond acceptors (Lipinski definition) is 3. The second kappa shape index (κ2) is 8.93. The van der Waals surface area contributed by atoms with Crippen LogP contribution >= 0.6 is 27.5 Å². The standard InChI is InChI=1S/C22H20BrClN2O3/c1-14-10-11-22(21(28)29,19(12-14)16-4-8-18(24)9-5-16)20(27)26-25-13-15-2-6-17(23)7-3-15/h2-10,13,19H,11-12H2,1H3,(H,26,27)(H,28,29). The molecule has 7 heteroatoms. The SMILES string of the molecule is CC1=CCC(C(=O)O)(C(=O)NN=Cc2ccc(Br)cc2)C(c2ccc(Cl)cc2)C1. The molecule has 0 spiro atoms. The molecule has 0 saturated heterocycles. The predicted octanol–water partition coefficient (Wildman–Crippen LogP) is 5.15. The number of carboxylic acid groups (broad SMARTS) is 1. The van der Waals surface area contributed by atoms with E-state index in [4.69, 9.17) is 11.6 Å². The Labute approximate surface area is 182 Å².